The van der Waals surface area contributed by atoms with Gasteiger partial charge in [0.05, 0.1) is 0 Å². The first kappa shape index (κ1) is 16.4. The van der Waals surface area contributed by atoms with Crippen molar-refractivity contribution in [3.63, 3.8) is 0 Å². The summed E-state index contributed by atoms with van der Waals surface area (Å²) in [6, 6.07) is 7.86. The minimum absolute atomic E-state index is 0.0676. The van der Waals surface area contributed by atoms with Crippen molar-refractivity contribution in [2.45, 2.75) is 33.1 Å². The van der Waals surface area contributed by atoms with Crippen LogP contribution in [0.4, 0.5) is 5.69 Å². The predicted molar refractivity (Wildman–Crippen MR) is 97.9 cm³/mol. The van der Waals surface area contributed by atoms with Gasteiger partial charge in [-0.15, -0.1) is 0 Å². The molecule has 3 aromatic rings. The topological polar surface area (TPSA) is 72.1 Å². The number of benzene rings is 1. The van der Waals surface area contributed by atoms with Crippen LogP contribution >= 0.6 is 0 Å². The van der Waals surface area contributed by atoms with Crippen molar-refractivity contribution in [1.29, 1.82) is 0 Å². The first-order valence-corrected chi connectivity index (χ1v) is 8.65. The third kappa shape index (κ3) is 2.87. The maximum Gasteiger partial charge on any atom is 0.258 e. The number of hydrogen-bond acceptors (Lipinski definition) is 5. The third-order valence-corrected chi connectivity index (χ3v) is 4.76. The van der Waals surface area contributed by atoms with Gasteiger partial charge in [-0.1, -0.05) is 22.9 Å². The van der Waals surface area contributed by atoms with E-state index >= 15 is 0 Å². The summed E-state index contributed by atoms with van der Waals surface area (Å²) in [5.74, 6) is 1.06. The van der Waals surface area contributed by atoms with Gasteiger partial charge in [-0.2, -0.15) is 4.98 Å². The Morgan fingerprint density at radius 2 is 1.81 bits per heavy atom. The van der Waals surface area contributed by atoms with Crippen LogP contribution in [-0.2, 0) is 4.79 Å². The second-order valence-electron chi connectivity index (χ2n) is 6.85. The molecule has 1 unspecified atom stereocenters. The molecule has 0 N–H and O–H groups in total. The number of nitrogens with zero attached hydrogens (tertiary/aromatic N) is 4. The van der Waals surface area contributed by atoms with Gasteiger partial charge in [0.2, 0.25) is 5.91 Å². The van der Waals surface area contributed by atoms with E-state index in [0.717, 1.165) is 22.4 Å². The van der Waals surface area contributed by atoms with Crippen molar-refractivity contribution >= 4 is 11.6 Å². The molecule has 1 aliphatic heterocycles. The van der Waals surface area contributed by atoms with Crippen LogP contribution in [0.25, 0.3) is 11.5 Å². The van der Waals surface area contributed by atoms with Crippen LogP contribution in [0.2, 0.25) is 0 Å². The van der Waals surface area contributed by atoms with E-state index in [4.69, 9.17) is 4.52 Å². The summed E-state index contributed by atoms with van der Waals surface area (Å²) in [5, 5.41) is 4.11. The van der Waals surface area contributed by atoms with Crippen molar-refractivity contribution in [2.75, 3.05) is 11.4 Å². The van der Waals surface area contributed by atoms with Crippen LogP contribution in [0, 0.1) is 20.8 Å². The van der Waals surface area contributed by atoms with E-state index in [2.05, 4.69) is 34.2 Å². The number of amides is 1. The lowest BCUT2D eigenvalue weighted by atomic mass is 10.0. The van der Waals surface area contributed by atoms with Crippen molar-refractivity contribution in [3.05, 3.63) is 59.2 Å². The van der Waals surface area contributed by atoms with E-state index in [9.17, 15) is 4.79 Å². The number of carbonyl (C=O) groups is 1. The lowest BCUT2D eigenvalue weighted by molar-refractivity contribution is -0.117. The Kier molecular flexibility index (Phi) is 4.03. The molecule has 6 heteroatoms. The Balaban J connectivity index is 1.60. The molecule has 1 aromatic carbocycles. The molecule has 1 saturated heterocycles. The van der Waals surface area contributed by atoms with Crippen molar-refractivity contribution in [1.82, 2.24) is 15.1 Å². The maximum absolute atomic E-state index is 12.7. The monoisotopic (exact) mass is 348 g/mol. The minimum Gasteiger partial charge on any atom is -0.334 e. The molecule has 0 saturated carbocycles. The second kappa shape index (κ2) is 6.37. The van der Waals surface area contributed by atoms with Gasteiger partial charge in [0.25, 0.3) is 5.89 Å². The summed E-state index contributed by atoms with van der Waals surface area (Å²) < 4.78 is 5.38. The third-order valence-electron chi connectivity index (χ3n) is 4.76. The molecule has 3 heterocycles. The average molecular weight is 348 g/mol. The molecular formula is C20H20N4O2. The van der Waals surface area contributed by atoms with Crippen LogP contribution in [0.5, 0.6) is 0 Å². The van der Waals surface area contributed by atoms with Crippen LogP contribution in [0.15, 0.2) is 41.2 Å². The number of pyridine rings is 1. The summed E-state index contributed by atoms with van der Waals surface area (Å²) in [6.07, 6.45) is 3.76. The van der Waals surface area contributed by atoms with Crippen molar-refractivity contribution in [3.8, 4) is 11.5 Å². The van der Waals surface area contributed by atoms with Gasteiger partial charge in [0.1, 0.15) is 0 Å². The van der Waals surface area contributed by atoms with E-state index in [1.807, 2.05) is 30.9 Å². The highest BCUT2D eigenvalue weighted by Crippen LogP contribution is 2.35. The molecule has 0 radical (unpaired) electrons. The SMILES string of the molecule is Cc1cc(C)c(N2CC(c3noc(-c4ccncc4)n3)CC2=O)c(C)c1. The van der Waals surface area contributed by atoms with E-state index in [1.165, 1.54) is 5.56 Å². The fraction of sp³-hybridized carbons (Fsp3) is 0.300. The number of carbonyl (C=O) groups excluding carboxylic acids is 1. The van der Waals surface area contributed by atoms with E-state index in [0.29, 0.717) is 24.7 Å². The zero-order valence-electron chi connectivity index (χ0n) is 15.1. The fourth-order valence-electron chi connectivity index (χ4n) is 3.71. The van der Waals surface area contributed by atoms with Crippen molar-refractivity contribution in [2.24, 2.45) is 0 Å². The molecule has 1 atom stereocenters. The number of anilines is 1. The summed E-state index contributed by atoms with van der Waals surface area (Å²) >= 11 is 0. The van der Waals surface area contributed by atoms with Crippen molar-refractivity contribution < 1.29 is 9.32 Å². The normalized spacial score (nSPS) is 17.1. The highest BCUT2D eigenvalue weighted by atomic mass is 16.5. The molecule has 6 nitrogen and oxygen atoms in total. The highest BCUT2D eigenvalue weighted by Gasteiger charge is 2.35. The quantitative estimate of drug-likeness (QED) is 0.723. The summed E-state index contributed by atoms with van der Waals surface area (Å²) in [4.78, 5) is 23.0. The maximum atomic E-state index is 12.7. The molecular weight excluding hydrogens is 328 g/mol. The first-order chi connectivity index (χ1) is 12.5. The molecule has 1 fully saturated rings. The summed E-state index contributed by atoms with van der Waals surface area (Å²) in [5.41, 5.74) is 5.25. The minimum atomic E-state index is -0.0676. The van der Waals surface area contributed by atoms with Crippen LogP contribution < -0.4 is 4.90 Å². The Bertz CT molecular complexity index is 942. The zero-order valence-corrected chi connectivity index (χ0v) is 15.1. The largest absolute Gasteiger partial charge is 0.334 e. The van der Waals surface area contributed by atoms with Gasteiger partial charge in [-0.3, -0.25) is 9.78 Å². The average Bonchev–Trinajstić information content (AvgIpc) is 3.22. The fourth-order valence-corrected chi connectivity index (χ4v) is 3.71. The van der Waals surface area contributed by atoms with Gasteiger partial charge < -0.3 is 9.42 Å². The molecule has 0 bridgehead atoms. The Hall–Kier alpha value is -3.02. The van der Waals surface area contributed by atoms with Crippen LogP contribution in [0.1, 0.15) is 34.9 Å². The lowest BCUT2D eigenvalue weighted by Gasteiger charge is -2.22. The standard InChI is InChI=1S/C20H20N4O2/c1-12-8-13(2)18(14(3)9-12)24-11-16(10-17(24)25)19-22-20(26-23-19)15-4-6-21-7-5-15/h4-9,16H,10-11H2,1-3H3. The van der Waals surface area contributed by atoms with E-state index in [1.54, 1.807) is 12.4 Å². The van der Waals surface area contributed by atoms with Gasteiger partial charge in [-0.25, -0.2) is 0 Å². The molecule has 0 spiro atoms. The van der Waals surface area contributed by atoms with Crippen LogP contribution in [-0.4, -0.2) is 27.6 Å². The lowest BCUT2D eigenvalue weighted by Crippen LogP contribution is -2.26. The zero-order chi connectivity index (χ0) is 18.3. The van der Waals surface area contributed by atoms with Gasteiger partial charge >= 0.3 is 0 Å². The molecule has 26 heavy (non-hydrogen) atoms. The number of hydrogen-bond donors (Lipinski definition) is 0. The Morgan fingerprint density at radius 1 is 1.12 bits per heavy atom. The Morgan fingerprint density at radius 3 is 2.50 bits per heavy atom. The number of rotatable bonds is 3. The van der Waals surface area contributed by atoms with Gasteiger partial charge in [-0.05, 0) is 44.0 Å². The number of aryl methyl sites for hydroxylation is 3. The smallest absolute Gasteiger partial charge is 0.258 e. The molecule has 1 aliphatic rings. The molecule has 2 aromatic heterocycles. The highest BCUT2D eigenvalue weighted by molar-refractivity contribution is 5.97. The van der Waals surface area contributed by atoms with Gasteiger partial charge in [0, 0.05) is 42.5 Å². The number of aromatic nitrogens is 3. The van der Waals surface area contributed by atoms with E-state index in [-0.39, 0.29) is 11.8 Å². The van der Waals surface area contributed by atoms with Crippen LogP contribution in [0.3, 0.4) is 0 Å². The van der Waals surface area contributed by atoms with Gasteiger partial charge in [0.15, 0.2) is 5.82 Å². The molecule has 4 rings (SSSR count). The molecule has 132 valence electrons. The summed E-state index contributed by atoms with van der Waals surface area (Å²) in [6.45, 7) is 6.73. The first-order valence-electron chi connectivity index (χ1n) is 8.65. The second-order valence-corrected chi connectivity index (χ2v) is 6.85. The van der Waals surface area contributed by atoms with E-state index < -0.39 is 0 Å². The predicted octanol–water partition coefficient (Wildman–Crippen LogP) is 3.58. The Labute approximate surface area is 151 Å². The summed E-state index contributed by atoms with van der Waals surface area (Å²) in [7, 11) is 0. The molecule has 0 aliphatic carbocycles. The molecule has 1 amide bonds.